The Morgan fingerprint density at radius 2 is 2.05 bits per heavy atom. The van der Waals surface area contributed by atoms with Crippen molar-refractivity contribution in [3.05, 3.63) is 42.5 Å². The third kappa shape index (κ3) is 3.44. The van der Waals surface area contributed by atoms with Crippen molar-refractivity contribution in [3.63, 3.8) is 0 Å². The molecular formula is C15H17FN2O2. The minimum atomic E-state index is -0.993. The Labute approximate surface area is 117 Å². The van der Waals surface area contributed by atoms with E-state index in [4.69, 9.17) is 0 Å². The van der Waals surface area contributed by atoms with Crippen molar-refractivity contribution in [2.45, 2.75) is 19.1 Å². The normalized spacial score (nSPS) is 20.1. The molecule has 106 valence electrons. The molecule has 1 aromatic rings. The second-order valence-corrected chi connectivity index (χ2v) is 4.94. The van der Waals surface area contributed by atoms with Crippen LogP contribution in [-0.4, -0.2) is 29.9 Å². The van der Waals surface area contributed by atoms with Gasteiger partial charge in [-0.05, 0) is 30.2 Å². The predicted molar refractivity (Wildman–Crippen MR) is 74.7 cm³/mol. The smallest absolute Gasteiger partial charge is 0.245 e. The second kappa shape index (κ2) is 5.86. The molecule has 1 aliphatic carbocycles. The first-order valence-electron chi connectivity index (χ1n) is 6.42. The first-order chi connectivity index (χ1) is 9.51. The van der Waals surface area contributed by atoms with Crippen LogP contribution >= 0.6 is 0 Å². The van der Waals surface area contributed by atoms with Gasteiger partial charge in [0.15, 0.2) is 0 Å². The van der Waals surface area contributed by atoms with E-state index in [0.29, 0.717) is 18.7 Å². The summed E-state index contributed by atoms with van der Waals surface area (Å²) in [5.41, 5.74) is 1.58. The quantitative estimate of drug-likeness (QED) is 0.838. The Bertz CT molecular complexity index is 527. The number of carbonyl (C=O) groups is 2. The second-order valence-electron chi connectivity index (χ2n) is 4.94. The Morgan fingerprint density at radius 3 is 2.55 bits per heavy atom. The minimum Gasteiger partial charge on any atom is -0.338 e. The fourth-order valence-electron chi connectivity index (χ4n) is 1.87. The first-order valence-corrected chi connectivity index (χ1v) is 6.42. The van der Waals surface area contributed by atoms with Crippen molar-refractivity contribution in [2.75, 3.05) is 12.4 Å². The molecule has 4 nitrogen and oxygen atoms in total. The summed E-state index contributed by atoms with van der Waals surface area (Å²) in [6, 6.07) is 7.13. The molecule has 0 aliphatic heterocycles. The van der Waals surface area contributed by atoms with Crippen LogP contribution in [0.15, 0.2) is 36.9 Å². The zero-order chi connectivity index (χ0) is 14.7. The summed E-state index contributed by atoms with van der Waals surface area (Å²) in [5.74, 6) is -0.916. The molecular weight excluding hydrogens is 259 g/mol. The lowest BCUT2D eigenvalue weighted by Crippen LogP contribution is -2.23. The van der Waals surface area contributed by atoms with E-state index in [1.165, 1.54) is 6.08 Å². The Kier molecular flexibility index (Phi) is 4.17. The fraction of sp³-hybridized carbons (Fsp3) is 0.333. The summed E-state index contributed by atoms with van der Waals surface area (Å²) in [7, 11) is 1.69. The summed E-state index contributed by atoms with van der Waals surface area (Å²) < 4.78 is 12.7. The Balaban J connectivity index is 1.91. The molecule has 1 N–H and O–H groups in total. The lowest BCUT2D eigenvalue weighted by atomic mass is 10.2. The maximum atomic E-state index is 12.7. The molecule has 0 aromatic heterocycles. The lowest BCUT2D eigenvalue weighted by molar-refractivity contribution is -0.125. The van der Waals surface area contributed by atoms with Crippen LogP contribution in [0.1, 0.15) is 12.0 Å². The van der Waals surface area contributed by atoms with Crippen LogP contribution in [0.25, 0.3) is 0 Å². The maximum Gasteiger partial charge on any atom is 0.245 e. The van der Waals surface area contributed by atoms with E-state index in [0.717, 1.165) is 5.56 Å². The van der Waals surface area contributed by atoms with E-state index in [1.807, 2.05) is 12.1 Å². The van der Waals surface area contributed by atoms with E-state index in [1.54, 1.807) is 24.1 Å². The number of hydrogen-bond acceptors (Lipinski definition) is 2. The molecule has 1 saturated carbocycles. The molecule has 1 fully saturated rings. The Hall–Kier alpha value is -2.17. The summed E-state index contributed by atoms with van der Waals surface area (Å²) in [4.78, 5) is 24.5. The maximum absolute atomic E-state index is 12.7. The number of nitrogens with one attached hydrogen (secondary N) is 1. The highest BCUT2D eigenvalue weighted by Crippen LogP contribution is 2.34. The third-order valence-electron chi connectivity index (χ3n) is 3.24. The number of carbonyl (C=O) groups excluding carboxylic acids is 2. The number of rotatable bonds is 5. The van der Waals surface area contributed by atoms with Gasteiger partial charge in [0.1, 0.15) is 6.17 Å². The molecule has 2 amide bonds. The monoisotopic (exact) mass is 276 g/mol. The van der Waals surface area contributed by atoms with Crippen molar-refractivity contribution < 1.29 is 14.0 Å². The molecule has 2 atom stereocenters. The number of likely N-dealkylation sites (N-methyl/N-ethyl adjacent to an activating group) is 1. The van der Waals surface area contributed by atoms with E-state index >= 15 is 0 Å². The predicted octanol–water partition coefficient (Wildman–Crippen LogP) is 2.13. The van der Waals surface area contributed by atoms with Gasteiger partial charge in [-0.3, -0.25) is 9.59 Å². The van der Waals surface area contributed by atoms with Gasteiger partial charge in [0.05, 0.1) is 5.92 Å². The third-order valence-corrected chi connectivity index (χ3v) is 3.24. The number of halogens is 1. The van der Waals surface area contributed by atoms with E-state index < -0.39 is 12.1 Å². The Morgan fingerprint density at radius 1 is 1.45 bits per heavy atom. The van der Waals surface area contributed by atoms with E-state index in [9.17, 15) is 14.0 Å². The molecule has 0 unspecified atom stereocenters. The fourth-order valence-corrected chi connectivity index (χ4v) is 1.87. The highest BCUT2D eigenvalue weighted by molar-refractivity contribution is 5.94. The van der Waals surface area contributed by atoms with Gasteiger partial charge in [-0.15, -0.1) is 0 Å². The summed E-state index contributed by atoms with van der Waals surface area (Å²) in [6.45, 7) is 3.90. The van der Waals surface area contributed by atoms with Crippen molar-refractivity contribution >= 4 is 17.5 Å². The molecule has 20 heavy (non-hydrogen) atoms. The van der Waals surface area contributed by atoms with Gasteiger partial charge in [0.2, 0.25) is 11.8 Å². The topological polar surface area (TPSA) is 49.4 Å². The molecule has 0 radical (unpaired) electrons. The molecule has 0 spiro atoms. The molecule has 1 aliphatic rings. The number of hydrogen-bond donors (Lipinski definition) is 1. The number of nitrogens with zero attached hydrogens (tertiary/aromatic N) is 1. The molecule has 5 heteroatoms. The summed E-state index contributed by atoms with van der Waals surface area (Å²) >= 11 is 0. The van der Waals surface area contributed by atoms with Crippen LogP contribution in [0.2, 0.25) is 0 Å². The highest BCUT2D eigenvalue weighted by atomic mass is 19.1. The van der Waals surface area contributed by atoms with Gasteiger partial charge >= 0.3 is 0 Å². The molecule has 2 rings (SSSR count). The van der Waals surface area contributed by atoms with Gasteiger partial charge in [0, 0.05) is 19.3 Å². The van der Waals surface area contributed by atoms with Crippen molar-refractivity contribution in [1.82, 2.24) is 4.90 Å². The largest absolute Gasteiger partial charge is 0.338 e. The van der Waals surface area contributed by atoms with Crippen LogP contribution < -0.4 is 5.32 Å². The highest BCUT2D eigenvalue weighted by Gasteiger charge is 2.43. The molecule has 1 aromatic carbocycles. The van der Waals surface area contributed by atoms with E-state index in [-0.39, 0.29) is 11.8 Å². The van der Waals surface area contributed by atoms with Gasteiger partial charge in [-0.2, -0.15) is 0 Å². The zero-order valence-corrected chi connectivity index (χ0v) is 11.3. The number of alkyl halides is 1. The average molecular weight is 276 g/mol. The number of benzene rings is 1. The van der Waals surface area contributed by atoms with Crippen LogP contribution in [-0.2, 0) is 16.1 Å². The van der Waals surface area contributed by atoms with Gasteiger partial charge in [0.25, 0.3) is 0 Å². The summed E-state index contributed by atoms with van der Waals surface area (Å²) in [6.07, 6.45) is 0.587. The average Bonchev–Trinajstić information content (AvgIpc) is 3.17. The van der Waals surface area contributed by atoms with Crippen molar-refractivity contribution in [2.24, 2.45) is 5.92 Å². The molecule has 0 heterocycles. The zero-order valence-electron chi connectivity index (χ0n) is 11.3. The van der Waals surface area contributed by atoms with Crippen LogP contribution in [0.5, 0.6) is 0 Å². The summed E-state index contributed by atoms with van der Waals surface area (Å²) in [5, 5.41) is 2.67. The van der Waals surface area contributed by atoms with Crippen molar-refractivity contribution in [1.29, 1.82) is 0 Å². The minimum absolute atomic E-state index is 0.148. The lowest BCUT2D eigenvalue weighted by Gasteiger charge is -2.15. The SMILES string of the molecule is C=CC(=O)N(C)Cc1ccc(NC(=O)[C@@H]2C[C@@H]2F)cc1. The standard InChI is InChI=1S/C15H17FN2O2/c1-3-14(19)18(2)9-10-4-6-11(7-5-10)17-15(20)12-8-13(12)16/h3-7,12-13H,1,8-9H2,2H3,(H,17,20)/t12-,13+/m1/s1. The van der Waals surface area contributed by atoms with Crippen LogP contribution in [0, 0.1) is 5.92 Å². The van der Waals surface area contributed by atoms with Crippen molar-refractivity contribution in [3.8, 4) is 0 Å². The molecule has 0 saturated heterocycles. The number of anilines is 1. The first kappa shape index (κ1) is 14.2. The van der Waals surface area contributed by atoms with Gasteiger partial charge < -0.3 is 10.2 Å². The van der Waals surface area contributed by atoms with Gasteiger partial charge in [-0.1, -0.05) is 18.7 Å². The van der Waals surface area contributed by atoms with Crippen LogP contribution in [0.3, 0.4) is 0 Å². The molecule has 0 bridgehead atoms. The van der Waals surface area contributed by atoms with Crippen LogP contribution in [0.4, 0.5) is 10.1 Å². The number of amides is 2. The van der Waals surface area contributed by atoms with E-state index in [2.05, 4.69) is 11.9 Å². The van der Waals surface area contributed by atoms with Gasteiger partial charge in [-0.25, -0.2) is 4.39 Å².